The summed E-state index contributed by atoms with van der Waals surface area (Å²) >= 11 is 0. The van der Waals surface area contributed by atoms with E-state index in [-0.39, 0.29) is 0 Å². The molecular weight excluding hydrogens is 232 g/mol. The first kappa shape index (κ1) is 13.9. The topological polar surface area (TPSA) is 6.48 Å². The summed E-state index contributed by atoms with van der Waals surface area (Å²) in [6.45, 7) is 15.3. The average Bonchev–Trinajstić information content (AvgIpc) is 2.39. The van der Waals surface area contributed by atoms with Crippen molar-refractivity contribution in [3.8, 4) is 0 Å². The molecule has 2 heteroatoms. The molecule has 0 spiro atoms. The highest BCUT2D eigenvalue weighted by atomic mass is 15.2. The summed E-state index contributed by atoms with van der Waals surface area (Å²) in [5, 5.41) is 0. The molecule has 0 aromatic rings. The second-order valence-corrected chi connectivity index (χ2v) is 7.67. The quantitative estimate of drug-likeness (QED) is 0.770. The summed E-state index contributed by atoms with van der Waals surface area (Å²) in [7, 11) is 0. The first-order valence-electron chi connectivity index (χ1n) is 8.62. The van der Waals surface area contributed by atoms with E-state index in [0.29, 0.717) is 0 Å². The molecule has 1 saturated carbocycles. The van der Waals surface area contributed by atoms with Gasteiger partial charge in [0.05, 0.1) is 0 Å². The van der Waals surface area contributed by atoms with Gasteiger partial charge in [0.2, 0.25) is 0 Å². The van der Waals surface area contributed by atoms with Gasteiger partial charge in [-0.1, -0.05) is 20.8 Å². The van der Waals surface area contributed by atoms with Crippen molar-refractivity contribution in [2.75, 3.05) is 39.3 Å². The minimum absolute atomic E-state index is 0.915. The van der Waals surface area contributed by atoms with Crippen LogP contribution in [0.3, 0.4) is 0 Å². The van der Waals surface area contributed by atoms with Gasteiger partial charge < -0.3 is 9.80 Å². The van der Waals surface area contributed by atoms with Crippen molar-refractivity contribution in [1.29, 1.82) is 0 Å². The highest BCUT2D eigenvalue weighted by Crippen LogP contribution is 2.49. The van der Waals surface area contributed by atoms with Crippen LogP contribution in [0.5, 0.6) is 0 Å². The Morgan fingerprint density at radius 1 is 1.00 bits per heavy atom. The zero-order valence-electron chi connectivity index (χ0n) is 13.1. The Bertz CT molecular complexity index is 282. The van der Waals surface area contributed by atoms with E-state index in [4.69, 9.17) is 0 Å². The fourth-order valence-electron chi connectivity index (χ4n) is 5.11. The van der Waals surface area contributed by atoms with Crippen molar-refractivity contribution in [2.24, 2.45) is 29.6 Å². The molecule has 19 heavy (non-hydrogen) atoms. The molecule has 2 nitrogen and oxygen atoms in total. The van der Waals surface area contributed by atoms with Crippen LogP contribution in [0.15, 0.2) is 0 Å². The van der Waals surface area contributed by atoms with Gasteiger partial charge in [-0.2, -0.15) is 0 Å². The lowest BCUT2D eigenvalue weighted by Gasteiger charge is -2.56. The number of hydrogen-bond donors (Lipinski definition) is 0. The fraction of sp³-hybridized carbons (Fsp3) is 1.00. The Kier molecular flexibility index (Phi) is 4.19. The van der Waals surface area contributed by atoms with Gasteiger partial charge in [-0.25, -0.2) is 0 Å². The third-order valence-corrected chi connectivity index (χ3v) is 6.12. The van der Waals surface area contributed by atoms with Gasteiger partial charge in [-0.15, -0.1) is 0 Å². The summed E-state index contributed by atoms with van der Waals surface area (Å²) in [5.41, 5.74) is 0. The zero-order chi connectivity index (χ0) is 13.4. The van der Waals surface area contributed by atoms with Crippen LogP contribution in [0, 0.1) is 29.6 Å². The third-order valence-electron chi connectivity index (χ3n) is 6.12. The van der Waals surface area contributed by atoms with Gasteiger partial charge in [-0.05, 0) is 68.5 Å². The van der Waals surface area contributed by atoms with Crippen LogP contribution >= 0.6 is 0 Å². The van der Waals surface area contributed by atoms with Crippen molar-refractivity contribution in [1.82, 2.24) is 9.80 Å². The van der Waals surface area contributed by atoms with E-state index in [9.17, 15) is 0 Å². The minimum Gasteiger partial charge on any atom is -0.304 e. The number of fused-ring (bicyclic) bond motifs is 2. The maximum Gasteiger partial charge on any atom is 0.00129 e. The van der Waals surface area contributed by atoms with Crippen molar-refractivity contribution in [3.05, 3.63) is 0 Å². The molecular formula is C17H32N2. The molecule has 0 aromatic carbocycles. The number of hydrogen-bond acceptors (Lipinski definition) is 2. The normalized spacial score (nSPS) is 37.6. The van der Waals surface area contributed by atoms with Crippen molar-refractivity contribution in [3.63, 3.8) is 0 Å². The van der Waals surface area contributed by atoms with Gasteiger partial charge in [0.25, 0.3) is 0 Å². The standard InChI is InChI=1S/C17H32N2/c1-4-18-7-5-14(6-8-18)10-19-11-15-9-16(12-19)17(15)13(2)3/h13-17H,4-12H2,1-3H3. The number of piperidine rings is 3. The van der Waals surface area contributed by atoms with Gasteiger partial charge in [-0.3, -0.25) is 0 Å². The molecule has 4 aliphatic rings. The van der Waals surface area contributed by atoms with Crippen LogP contribution in [-0.2, 0) is 0 Å². The van der Waals surface area contributed by atoms with Gasteiger partial charge in [0.15, 0.2) is 0 Å². The molecule has 0 aromatic heterocycles. The summed E-state index contributed by atoms with van der Waals surface area (Å²) in [6.07, 6.45) is 4.41. The van der Waals surface area contributed by atoms with Gasteiger partial charge in [0, 0.05) is 19.6 Å². The van der Waals surface area contributed by atoms with E-state index in [0.717, 1.165) is 29.6 Å². The van der Waals surface area contributed by atoms with Crippen LogP contribution < -0.4 is 0 Å². The monoisotopic (exact) mass is 264 g/mol. The Labute approximate surface area is 119 Å². The molecule has 3 aliphatic heterocycles. The van der Waals surface area contributed by atoms with Crippen LogP contribution in [-0.4, -0.2) is 49.1 Å². The SMILES string of the molecule is CCN1CCC(CN2CC3CC(C2)C3C(C)C)CC1. The van der Waals surface area contributed by atoms with E-state index in [1.54, 1.807) is 0 Å². The molecule has 2 atom stereocenters. The number of rotatable bonds is 4. The lowest BCUT2D eigenvalue weighted by molar-refractivity contribution is -0.0720. The highest BCUT2D eigenvalue weighted by molar-refractivity contribution is 4.98. The smallest absolute Gasteiger partial charge is 0.00129 e. The molecule has 3 heterocycles. The number of nitrogens with zero attached hydrogens (tertiary/aromatic N) is 2. The molecule has 4 fully saturated rings. The van der Waals surface area contributed by atoms with Crippen LogP contribution in [0.2, 0.25) is 0 Å². The zero-order valence-corrected chi connectivity index (χ0v) is 13.1. The van der Waals surface area contributed by atoms with Crippen LogP contribution in [0.25, 0.3) is 0 Å². The van der Waals surface area contributed by atoms with Crippen molar-refractivity contribution in [2.45, 2.75) is 40.0 Å². The first-order chi connectivity index (χ1) is 9.17. The Morgan fingerprint density at radius 3 is 2.16 bits per heavy atom. The van der Waals surface area contributed by atoms with E-state index >= 15 is 0 Å². The summed E-state index contributed by atoms with van der Waals surface area (Å²) < 4.78 is 0. The van der Waals surface area contributed by atoms with E-state index in [1.807, 2.05) is 0 Å². The molecule has 0 amide bonds. The van der Waals surface area contributed by atoms with Crippen molar-refractivity contribution >= 4 is 0 Å². The van der Waals surface area contributed by atoms with Crippen molar-refractivity contribution < 1.29 is 0 Å². The molecule has 0 radical (unpaired) electrons. The predicted molar refractivity (Wildman–Crippen MR) is 81.2 cm³/mol. The van der Waals surface area contributed by atoms with E-state index in [2.05, 4.69) is 30.6 Å². The summed E-state index contributed by atoms with van der Waals surface area (Å²) in [5.74, 6) is 5.03. The second kappa shape index (κ2) is 5.73. The molecule has 0 N–H and O–H groups in total. The molecule has 1 aliphatic carbocycles. The predicted octanol–water partition coefficient (Wildman–Crippen LogP) is 2.94. The maximum absolute atomic E-state index is 2.81. The molecule has 3 saturated heterocycles. The maximum atomic E-state index is 2.81. The Balaban J connectivity index is 1.44. The lowest BCUT2D eigenvalue weighted by atomic mass is 9.57. The van der Waals surface area contributed by atoms with Crippen LogP contribution in [0.1, 0.15) is 40.0 Å². The Hall–Kier alpha value is -0.0800. The minimum atomic E-state index is 0.915. The van der Waals surface area contributed by atoms with Gasteiger partial charge >= 0.3 is 0 Å². The number of likely N-dealkylation sites (tertiary alicyclic amines) is 1. The molecule has 2 bridgehead atoms. The van der Waals surface area contributed by atoms with Crippen LogP contribution in [0.4, 0.5) is 0 Å². The second-order valence-electron chi connectivity index (χ2n) is 7.67. The summed E-state index contributed by atoms with van der Waals surface area (Å²) in [6, 6.07) is 0. The molecule has 110 valence electrons. The average molecular weight is 264 g/mol. The third kappa shape index (κ3) is 2.85. The Morgan fingerprint density at radius 2 is 1.63 bits per heavy atom. The molecule has 2 unspecified atom stereocenters. The van der Waals surface area contributed by atoms with E-state index < -0.39 is 0 Å². The highest BCUT2D eigenvalue weighted by Gasteiger charge is 2.47. The molecule has 4 rings (SSSR count). The summed E-state index contributed by atoms with van der Waals surface area (Å²) in [4.78, 5) is 5.42. The fourth-order valence-corrected chi connectivity index (χ4v) is 5.11. The lowest BCUT2D eigenvalue weighted by Crippen LogP contribution is -2.57. The van der Waals surface area contributed by atoms with E-state index in [1.165, 1.54) is 58.5 Å². The largest absolute Gasteiger partial charge is 0.304 e. The van der Waals surface area contributed by atoms with Gasteiger partial charge in [0.1, 0.15) is 0 Å². The first-order valence-corrected chi connectivity index (χ1v) is 8.62.